The van der Waals surface area contributed by atoms with E-state index in [9.17, 15) is 35.1 Å². The Kier molecular flexibility index (Phi) is 4.57. The summed E-state index contributed by atoms with van der Waals surface area (Å²) in [5.74, 6) is -5.57. The van der Waals surface area contributed by atoms with Crippen molar-refractivity contribution in [2.24, 2.45) is 17.8 Å². The molecule has 2 aliphatic rings. The molecule has 5 N–H and O–H groups in total. The predicted molar refractivity (Wildman–Crippen MR) is 105 cm³/mol. The molecule has 2 aromatic rings. The Balaban J connectivity index is 1.99. The maximum absolute atomic E-state index is 11.7. The van der Waals surface area contributed by atoms with Crippen molar-refractivity contribution in [2.75, 3.05) is 0 Å². The molecule has 30 heavy (non-hydrogen) atoms. The summed E-state index contributed by atoms with van der Waals surface area (Å²) in [6.45, 7) is 3.73. The summed E-state index contributed by atoms with van der Waals surface area (Å²) in [6.07, 6.45) is 0.429. The van der Waals surface area contributed by atoms with Crippen LogP contribution in [-0.4, -0.2) is 37.5 Å². The number of rotatable bonds is 3. The molecule has 1 heterocycles. The summed E-state index contributed by atoms with van der Waals surface area (Å²) in [7, 11) is 0. The zero-order chi connectivity index (χ0) is 21.7. The van der Waals surface area contributed by atoms with E-state index in [1.807, 2.05) is 0 Å². The summed E-state index contributed by atoms with van der Waals surface area (Å²) in [5.41, 5.74) is 0.975. The number of phenolic OH excluding ortho intramolecular Hbond substituents is 3. The van der Waals surface area contributed by atoms with Crippen molar-refractivity contribution in [2.45, 2.75) is 19.3 Å². The van der Waals surface area contributed by atoms with Crippen LogP contribution in [0, 0.1) is 17.8 Å². The van der Waals surface area contributed by atoms with Crippen LogP contribution in [0.15, 0.2) is 24.3 Å². The van der Waals surface area contributed by atoms with E-state index in [4.69, 9.17) is 4.74 Å². The average Bonchev–Trinajstić information content (AvgIpc) is 2.72. The number of aromatic hydroxyl groups is 3. The molecule has 0 radical (unpaired) electrons. The Labute approximate surface area is 170 Å². The van der Waals surface area contributed by atoms with Gasteiger partial charge in [-0.25, -0.2) is 0 Å². The highest BCUT2D eigenvalue weighted by Gasteiger charge is 2.40. The first-order chi connectivity index (χ1) is 14.2. The largest absolute Gasteiger partial charge is 0.504 e. The predicted octanol–water partition coefficient (Wildman–Crippen LogP) is 1.72. The van der Waals surface area contributed by atoms with Gasteiger partial charge in [0.05, 0.1) is 11.8 Å². The van der Waals surface area contributed by atoms with Crippen molar-refractivity contribution in [3.63, 3.8) is 0 Å². The topological polar surface area (TPSA) is 145 Å². The second-order valence-corrected chi connectivity index (χ2v) is 7.75. The Bertz CT molecular complexity index is 1160. The molecule has 0 amide bonds. The fourth-order valence-electron chi connectivity index (χ4n) is 4.45. The van der Waals surface area contributed by atoms with Crippen LogP contribution in [0.5, 0.6) is 28.7 Å². The first-order valence-corrected chi connectivity index (χ1v) is 9.42. The van der Waals surface area contributed by atoms with Crippen LogP contribution in [0.4, 0.5) is 0 Å². The number of ether oxygens (including phenoxy) is 1. The number of hydrogen-bond acceptors (Lipinski definition) is 6. The third kappa shape index (κ3) is 3.01. The zero-order valence-electron chi connectivity index (χ0n) is 15.8. The second-order valence-electron chi connectivity index (χ2n) is 7.75. The first kappa shape index (κ1) is 19.6. The van der Waals surface area contributed by atoms with Gasteiger partial charge in [0.2, 0.25) is 5.75 Å². The SMILES string of the molecule is C=c1ccc2c(c1O)Oc1c(ccc(O)c1O)C=2C1CC(C(=O)O)CC(C(=O)O)C1. The van der Waals surface area contributed by atoms with Gasteiger partial charge in [-0.05, 0) is 42.9 Å². The summed E-state index contributed by atoms with van der Waals surface area (Å²) < 4.78 is 5.72. The molecule has 1 saturated carbocycles. The smallest absolute Gasteiger partial charge is 0.306 e. The molecule has 0 saturated heterocycles. The molecule has 1 aliphatic heterocycles. The molecule has 156 valence electrons. The molecule has 0 spiro atoms. The fourth-order valence-corrected chi connectivity index (χ4v) is 4.45. The van der Waals surface area contributed by atoms with Gasteiger partial charge in [-0.3, -0.25) is 9.59 Å². The second kappa shape index (κ2) is 6.98. The Morgan fingerprint density at radius 2 is 1.50 bits per heavy atom. The Hall–Kier alpha value is -3.68. The maximum Gasteiger partial charge on any atom is 0.306 e. The van der Waals surface area contributed by atoms with Crippen LogP contribution < -0.4 is 15.2 Å². The normalized spacial score (nSPS) is 22.5. The van der Waals surface area contributed by atoms with Crippen LogP contribution in [0.1, 0.15) is 24.8 Å². The summed E-state index contributed by atoms with van der Waals surface area (Å²) in [6, 6.07) is 6.05. The molecular weight excluding hydrogens is 392 g/mol. The van der Waals surface area contributed by atoms with Gasteiger partial charge in [0.1, 0.15) is 0 Å². The van der Waals surface area contributed by atoms with Gasteiger partial charge in [0.15, 0.2) is 23.0 Å². The molecule has 8 nitrogen and oxygen atoms in total. The summed E-state index contributed by atoms with van der Waals surface area (Å²) in [4.78, 5) is 23.4. The molecule has 0 aromatic heterocycles. The van der Waals surface area contributed by atoms with Crippen molar-refractivity contribution in [1.29, 1.82) is 0 Å². The highest BCUT2D eigenvalue weighted by atomic mass is 16.5. The van der Waals surface area contributed by atoms with Gasteiger partial charge < -0.3 is 30.3 Å². The van der Waals surface area contributed by atoms with Crippen molar-refractivity contribution >= 4 is 24.1 Å². The maximum atomic E-state index is 11.7. The van der Waals surface area contributed by atoms with E-state index in [2.05, 4.69) is 6.58 Å². The number of fused-ring (bicyclic) bond motifs is 2. The van der Waals surface area contributed by atoms with Gasteiger partial charge in [-0.15, -0.1) is 0 Å². The molecular formula is C22H20O8. The van der Waals surface area contributed by atoms with E-state index >= 15 is 0 Å². The number of benzene rings is 2. The molecule has 2 aromatic carbocycles. The van der Waals surface area contributed by atoms with Gasteiger partial charge in [0.25, 0.3) is 0 Å². The number of carboxylic acid groups (broad SMARTS) is 2. The van der Waals surface area contributed by atoms with Crippen LogP contribution in [0.25, 0.3) is 12.2 Å². The van der Waals surface area contributed by atoms with Gasteiger partial charge in [-0.2, -0.15) is 0 Å². The Morgan fingerprint density at radius 3 is 2.10 bits per heavy atom. The lowest BCUT2D eigenvalue weighted by atomic mass is 9.70. The fraction of sp³-hybridized carbons (Fsp3) is 0.273. The third-order valence-corrected chi connectivity index (χ3v) is 5.92. The monoisotopic (exact) mass is 412 g/mol. The van der Waals surface area contributed by atoms with Crippen LogP contribution in [-0.2, 0) is 9.59 Å². The third-order valence-electron chi connectivity index (χ3n) is 5.92. The van der Waals surface area contributed by atoms with E-state index < -0.39 is 41.2 Å². The molecule has 2 unspecified atom stereocenters. The summed E-state index contributed by atoms with van der Waals surface area (Å²) in [5, 5.41) is 50.6. The molecule has 1 fully saturated rings. The lowest BCUT2D eigenvalue weighted by Crippen LogP contribution is -2.34. The van der Waals surface area contributed by atoms with E-state index in [-0.39, 0.29) is 41.7 Å². The van der Waals surface area contributed by atoms with Crippen LogP contribution in [0.3, 0.4) is 0 Å². The quantitative estimate of drug-likeness (QED) is 0.479. The van der Waals surface area contributed by atoms with E-state index in [1.54, 1.807) is 12.1 Å². The van der Waals surface area contributed by atoms with E-state index in [0.29, 0.717) is 16.4 Å². The molecule has 0 bridgehead atoms. The highest BCUT2D eigenvalue weighted by Crippen LogP contribution is 2.50. The van der Waals surface area contributed by atoms with Crippen LogP contribution >= 0.6 is 0 Å². The lowest BCUT2D eigenvalue weighted by Gasteiger charge is -2.34. The standard InChI is InChI=1S/C22H20O8/c1-9-2-3-13-16(10-6-11(21(26)27)8-12(7-10)22(28)29)14-4-5-15(23)18(25)20(14)30-19(13)17(9)24/h2-5,10-12,23-25H,1,6-8H2,(H,26,27)(H,28,29). The minimum absolute atomic E-state index is 0.0234. The molecule has 4 rings (SSSR count). The first-order valence-electron chi connectivity index (χ1n) is 9.42. The average molecular weight is 412 g/mol. The lowest BCUT2D eigenvalue weighted by molar-refractivity contribution is -0.148. The molecule has 8 heteroatoms. The number of hydrogen-bond donors (Lipinski definition) is 5. The molecule has 1 aliphatic carbocycles. The van der Waals surface area contributed by atoms with Crippen molar-refractivity contribution in [1.82, 2.24) is 0 Å². The number of phenols is 3. The van der Waals surface area contributed by atoms with Crippen molar-refractivity contribution in [3.05, 3.63) is 40.3 Å². The minimum atomic E-state index is -1.07. The number of carboxylic acids is 2. The van der Waals surface area contributed by atoms with Gasteiger partial charge in [-0.1, -0.05) is 18.7 Å². The Morgan fingerprint density at radius 1 is 0.867 bits per heavy atom. The summed E-state index contributed by atoms with van der Waals surface area (Å²) >= 11 is 0. The minimum Gasteiger partial charge on any atom is -0.504 e. The highest BCUT2D eigenvalue weighted by molar-refractivity contribution is 5.82. The zero-order valence-corrected chi connectivity index (χ0v) is 15.8. The molecule has 2 atom stereocenters. The number of carbonyl (C=O) groups is 2. The van der Waals surface area contributed by atoms with E-state index in [0.717, 1.165) is 0 Å². The number of aliphatic carboxylic acids is 2. The van der Waals surface area contributed by atoms with Crippen molar-refractivity contribution < 1.29 is 39.9 Å². The van der Waals surface area contributed by atoms with Gasteiger partial charge in [0, 0.05) is 16.0 Å². The van der Waals surface area contributed by atoms with Gasteiger partial charge >= 0.3 is 11.9 Å². The van der Waals surface area contributed by atoms with Crippen LogP contribution in [0.2, 0.25) is 0 Å². The van der Waals surface area contributed by atoms with Crippen molar-refractivity contribution in [3.8, 4) is 28.7 Å². The van der Waals surface area contributed by atoms with E-state index in [1.165, 1.54) is 12.1 Å².